The average Bonchev–Trinajstić information content (AvgIpc) is 2.90. The van der Waals surface area contributed by atoms with Crippen LogP contribution in [0.2, 0.25) is 0 Å². The standard InChI is InChI=1S/C15H30N2/c1-12-4-6-15(10-16,7-5-12)11-17-9-13-8-14(13,2)3/h12-13,17H,4-11,16H2,1-3H3. The molecule has 0 heterocycles. The molecular formula is C15H30N2. The summed E-state index contributed by atoms with van der Waals surface area (Å²) in [7, 11) is 0. The summed E-state index contributed by atoms with van der Waals surface area (Å²) >= 11 is 0. The summed E-state index contributed by atoms with van der Waals surface area (Å²) in [5, 5.41) is 3.70. The van der Waals surface area contributed by atoms with Crippen molar-refractivity contribution in [2.75, 3.05) is 19.6 Å². The highest BCUT2D eigenvalue weighted by atomic mass is 14.9. The van der Waals surface area contributed by atoms with Crippen molar-refractivity contribution in [3.63, 3.8) is 0 Å². The minimum Gasteiger partial charge on any atom is -0.330 e. The van der Waals surface area contributed by atoms with Crippen LogP contribution in [-0.4, -0.2) is 19.6 Å². The topological polar surface area (TPSA) is 38.0 Å². The maximum absolute atomic E-state index is 6.03. The Hall–Kier alpha value is -0.0800. The first-order valence-corrected chi connectivity index (χ1v) is 7.38. The van der Waals surface area contributed by atoms with Crippen LogP contribution in [0, 0.1) is 22.7 Å². The van der Waals surface area contributed by atoms with Crippen molar-refractivity contribution in [1.82, 2.24) is 5.32 Å². The van der Waals surface area contributed by atoms with Crippen molar-refractivity contribution in [3.8, 4) is 0 Å². The SMILES string of the molecule is CC1CCC(CN)(CNCC2CC2(C)C)CC1. The highest BCUT2D eigenvalue weighted by molar-refractivity contribution is 4.97. The zero-order valence-electron chi connectivity index (χ0n) is 11.9. The molecule has 0 saturated heterocycles. The number of nitrogens with two attached hydrogens (primary N) is 1. The highest BCUT2D eigenvalue weighted by Crippen LogP contribution is 2.51. The minimum atomic E-state index is 0.408. The Kier molecular flexibility index (Phi) is 3.84. The molecule has 0 radical (unpaired) electrons. The van der Waals surface area contributed by atoms with Gasteiger partial charge >= 0.3 is 0 Å². The first-order chi connectivity index (χ1) is 7.97. The Bertz CT molecular complexity index is 252. The van der Waals surface area contributed by atoms with E-state index in [0.717, 1.165) is 24.9 Å². The van der Waals surface area contributed by atoms with E-state index in [4.69, 9.17) is 5.73 Å². The molecule has 0 aromatic carbocycles. The molecule has 2 aliphatic rings. The molecule has 0 aromatic rings. The van der Waals surface area contributed by atoms with E-state index in [1.165, 1.54) is 38.6 Å². The van der Waals surface area contributed by atoms with Gasteiger partial charge in [0, 0.05) is 6.54 Å². The van der Waals surface area contributed by atoms with Gasteiger partial charge in [-0.15, -0.1) is 0 Å². The lowest BCUT2D eigenvalue weighted by atomic mass is 9.71. The predicted octanol–water partition coefficient (Wildman–Crippen LogP) is 2.78. The molecule has 0 aliphatic heterocycles. The lowest BCUT2D eigenvalue weighted by Crippen LogP contribution is -2.43. The van der Waals surface area contributed by atoms with Gasteiger partial charge in [0.15, 0.2) is 0 Å². The molecule has 0 aromatic heterocycles. The maximum Gasteiger partial charge on any atom is 0.00200 e. The normalized spacial score (nSPS) is 40.2. The van der Waals surface area contributed by atoms with Gasteiger partial charge in [-0.2, -0.15) is 0 Å². The van der Waals surface area contributed by atoms with E-state index < -0.39 is 0 Å². The smallest absolute Gasteiger partial charge is 0.00200 e. The van der Waals surface area contributed by atoms with Crippen LogP contribution in [0.15, 0.2) is 0 Å². The fourth-order valence-corrected chi connectivity index (χ4v) is 3.26. The Morgan fingerprint density at radius 1 is 1.24 bits per heavy atom. The Morgan fingerprint density at radius 3 is 2.29 bits per heavy atom. The van der Waals surface area contributed by atoms with Gasteiger partial charge in [-0.05, 0) is 55.0 Å². The summed E-state index contributed by atoms with van der Waals surface area (Å²) in [6, 6.07) is 0. The van der Waals surface area contributed by atoms with Crippen molar-refractivity contribution in [2.45, 2.75) is 52.9 Å². The van der Waals surface area contributed by atoms with E-state index in [9.17, 15) is 0 Å². The van der Waals surface area contributed by atoms with Crippen LogP contribution < -0.4 is 11.1 Å². The molecule has 2 nitrogen and oxygen atoms in total. The number of rotatable bonds is 5. The molecule has 17 heavy (non-hydrogen) atoms. The highest BCUT2D eigenvalue weighted by Gasteiger charge is 2.45. The summed E-state index contributed by atoms with van der Waals surface area (Å²) in [6.45, 7) is 10.3. The van der Waals surface area contributed by atoms with Crippen LogP contribution in [0.3, 0.4) is 0 Å². The number of hydrogen-bond acceptors (Lipinski definition) is 2. The summed E-state index contributed by atoms with van der Waals surface area (Å²) in [5.41, 5.74) is 7.04. The lowest BCUT2D eigenvalue weighted by molar-refractivity contribution is 0.158. The van der Waals surface area contributed by atoms with Gasteiger partial charge in [-0.3, -0.25) is 0 Å². The van der Waals surface area contributed by atoms with Crippen LogP contribution in [0.4, 0.5) is 0 Å². The zero-order valence-corrected chi connectivity index (χ0v) is 11.9. The molecule has 2 fully saturated rings. The van der Waals surface area contributed by atoms with E-state index in [-0.39, 0.29) is 0 Å². The van der Waals surface area contributed by atoms with Gasteiger partial charge in [-0.1, -0.05) is 33.6 Å². The molecule has 0 amide bonds. The summed E-state index contributed by atoms with van der Waals surface area (Å²) in [4.78, 5) is 0. The van der Waals surface area contributed by atoms with Crippen LogP contribution >= 0.6 is 0 Å². The van der Waals surface area contributed by atoms with E-state index in [1.54, 1.807) is 0 Å². The van der Waals surface area contributed by atoms with Crippen LogP contribution in [-0.2, 0) is 0 Å². The van der Waals surface area contributed by atoms with Gasteiger partial charge < -0.3 is 11.1 Å². The Balaban J connectivity index is 1.72. The third kappa shape index (κ3) is 3.23. The van der Waals surface area contributed by atoms with Gasteiger partial charge in [0.05, 0.1) is 0 Å². The van der Waals surface area contributed by atoms with Crippen molar-refractivity contribution in [2.24, 2.45) is 28.4 Å². The summed E-state index contributed by atoms with van der Waals surface area (Å²) < 4.78 is 0. The van der Waals surface area contributed by atoms with Gasteiger partial charge in [0.2, 0.25) is 0 Å². The fraction of sp³-hybridized carbons (Fsp3) is 1.00. The lowest BCUT2D eigenvalue weighted by Gasteiger charge is -2.39. The molecule has 0 bridgehead atoms. The van der Waals surface area contributed by atoms with Crippen molar-refractivity contribution in [1.29, 1.82) is 0 Å². The third-order valence-electron chi connectivity index (χ3n) is 5.38. The van der Waals surface area contributed by atoms with E-state index in [2.05, 4.69) is 26.1 Å². The first-order valence-electron chi connectivity index (χ1n) is 7.38. The molecule has 3 N–H and O–H groups in total. The Morgan fingerprint density at radius 2 is 1.82 bits per heavy atom. The third-order valence-corrected chi connectivity index (χ3v) is 5.38. The summed E-state index contributed by atoms with van der Waals surface area (Å²) in [6.07, 6.45) is 6.78. The molecule has 2 aliphatic carbocycles. The van der Waals surface area contributed by atoms with Gasteiger partial charge in [0.1, 0.15) is 0 Å². The first kappa shape index (κ1) is 13.4. The van der Waals surface area contributed by atoms with Gasteiger partial charge in [-0.25, -0.2) is 0 Å². The molecule has 2 heteroatoms. The van der Waals surface area contributed by atoms with Crippen LogP contribution in [0.25, 0.3) is 0 Å². The predicted molar refractivity (Wildman–Crippen MR) is 73.9 cm³/mol. The molecule has 1 atom stereocenters. The maximum atomic E-state index is 6.03. The fourth-order valence-electron chi connectivity index (χ4n) is 3.26. The molecular weight excluding hydrogens is 208 g/mol. The average molecular weight is 238 g/mol. The number of hydrogen-bond donors (Lipinski definition) is 2. The zero-order chi connectivity index (χ0) is 12.5. The van der Waals surface area contributed by atoms with Crippen LogP contribution in [0.1, 0.15) is 52.9 Å². The molecule has 0 spiro atoms. The Labute approximate surface area is 107 Å². The quantitative estimate of drug-likeness (QED) is 0.773. The van der Waals surface area contributed by atoms with Crippen molar-refractivity contribution >= 4 is 0 Å². The van der Waals surface area contributed by atoms with E-state index in [1.807, 2.05) is 0 Å². The second-order valence-electron chi connectivity index (χ2n) is 7.41. The number of nitrogens with one attached hydrogen (secondary N) is 1. The second-order valence-corrected chi connectivity index (χ2v) is 7.41. The molecule has 100 valence electrons. The van der Waals surface area contributed by atoms with Crippen molar-refractivity contribution < 1.29 is 0 Å². The largest absolute Gasteiger partial charge is 0.330 e. The van der Waals surface area contributed by atoms with Gasteiger partial charge in [0.25, 0.3) is 0 Å². The molecule has 2 saturated carbocycles. The summed E-state index contributed by atoms with van der Waals surface area (Å²) in [5.74, 6) is 1.82. The monoisotopic (exact) mass is 238 g/mol. The van der Waals surface area contributed by atoms with E-state index in [0.29, 0.717) is 10.8 Å². The minimum absolute atomic E-state index is 0.408. The van der Waals surface area contributed by atoms with E-state index >= 15 is 0 Å². The molecule has 2 rings (SSSR count). The molecule has 1 unspecified atom stereocenters. The second kappa shape index (κ2) is 4.89. The van der Waals surface area contributed by atoms with Crippen molar-refractivity contribution in [3.05, 3.63) is 0 Å². The van der Waals surface area contributed by atoms with Crippen LogP contribution in [0.5, 0.6) is 0 Å².